The Morgan fingerprint density at radius 3 is 2.03 bits per heavy atom. The largest absolute Gasteiger partial charge is 0.416 e. The monoisotopic (exact) mass is 594 g/mol. The number of amides is 2. The maximum Gasteiger partial charge on any atom is 0.416 e. The van der Waals surface area contributed by atoms with Crippen LogP contribution in [0.2, 0.25) is 10.0 Å². The van der Waals surface area contributed by atoms with Crippen molar-refractivity contribution in [2.75, 3.05) is 7.05 Å². The van der Waals surface area contributed by atoms with Crippen LogP contribution in [0.4, 0.5) is 26.3 Å². The van der Waals surface area contributed by atoms with Gasteiger partial charge in [-0.3, -0.25) is 14.6 Å². The second-order valence-electron chi connectivity index (χ2n) is 9.29. The van der Waals surface area contributed by atoms with E-state index in [2.05, 4.69) is 0 Å². The lowest BCUT2D eigenvalue weighted by Gasteiger charge is -2.39. The van der Waals surface area contributed by atoms with Crippen molar-refractivity contribution in [2.45, 2.75) is 63.3 Å². The number of rotatable bonds is 6. The first-order chi connectivity index (χ1) is 18.2. The molecule has 12 heteroatoms. The molecule has 2 aromatic rings. The topological polar surface area (TPSA) is 40.6 Å². The highest BCUT2D eigenvalue weighted by molar-refractivity contribution is 6.42. The van der Waals surface area contributed by atoms with Crippen LogP contribution >= 0.6 is 23.2 Å². The average molecular weight is 595 g/mol. The summed E-state index contributed by atoms with van der Waals surface area (Å²) < 4.78 is 80.0. The number of hydrogen-bond donors (Lipinski definition) is 0. The second kappa shape index (κ2) is 12.6. The minimum atomic E-state index is -5.11. The number of alkyl halides is 6. The summed E-state index contributed by atoms with van der Waals surface area (Å²) in [5.74, 6) is -1.76. The molecule has 39 heavy (non-hydrogen) atoms. The molecule has 0 atom stereocenters. The molecule has 1 aliphatic rings. The summed E-state index contributed by atoms with van der Waals surface area (Å²) in [5, 5.41) is 2.74. The molecule has 4 nitrogen and oxygen atoms in total. The van der Waals surface area contributed by atoms with Gasteiger partial charge in [-0.05, 0) is 61.6 Å². The van der Waals surface area contributed by atoms with E-state index in [0.717, 1.165) is 34.8 Å². The first-order valence-corrected chi connectivity index (χ1v) is 12.9. The number of halogens is 8. The predicted octanol–water partition coefficient (Wildman–Crippen LogP) is 8.37. The molecule has 0 N–H and O–H groups in total. The van der Waals surface area contributed by atoms with E-state index in [-0.39, 0.29) is 6.07 Å². The molecule has 0 bridgehead atoms. The quantitative estimate of drug-likeness (QED) is 0.191. The zero-order valence-corrected chi connectivity index (χ0v) is 22.4. The van der Waals surface area contributed by atoms with Gasteiger partial charge >= 0.3 is 12.4 Å². The summed E-state index contributed by atoms with van der Waals surface area (Å²) in [7, 11) is 1.17. The van der Waals surface area contributed by atoms with Crippen molar-refractivity contribution in [3.8, 4) is 0 Å². The molecule has 212 valence electrons. The third-order valence-electron chi connectivity index (χ3n) is 6.44. The Kier molecular flexibility index (Phi) is 9.98. The lowest BCUT2D eigenvalue weighted by molar-refractivity contribution is -0.145. The molecule has 1 fully saturated rings. The number of nitrogens with zero attached hydrogens (tertiary/aromatic N) is 2. The number of carbonyl (C=O) groups is 2. The van der Waals surface area contributed by atoms with E-state index in [1.807, 2.05) is 0 Å². The normalized spacial score (nSPS) is 15.0. The Hall–Kier alpha value is -2.72. The first kappa shape index (κ1) is 30.8. The van der Waals surface area contributed by atoms with Crippen molar-refractivity contribution in [1.29, 1.82) is 0 Å². The standard InChI is InChI=1S/C27H26Cl2F6N2O2/c1-36(25(39)18-14-19(26(30,31)32)16-20(15-18)27(33,34)35)37(21-8-3-2-4-9-21)24(38)10-6-5-7-17-11-12-22(28)23(29)13-17/h6,10-16,21H,2-5,7-9H2,1H3. The van der Waals surface area contributed by atoms with Gasteiger partial charge in [-0.15, -0.1) is 0 Å². The van der Waals surface area contributed by atoms with Gasteiger partial charge < -0.3 is 0 Å². The van der Waals surface area contributed by atoms with Crippen molar-refractivity contribution in [3.05, 3.63) is 80.8 Å². The Morgan fingerprint density at radius 1 is 0.897 bits per heavy atom. The maximum absolute atomic E-state index is 13.3. The number of aryl methyl sites for hydroxylation is 1. The molecule has 0 radical (unpaired) electrons. The smallest absolute Gasteiger partial charge is 0.268 e. The molecule has 0 saturated heterocycles. The Morgan fingerprint density at radius 2 is 1.49 bits per heavy atom. The van der Waals surface area contributed by atoms with Gasteiger partial charge in [0.05, 0.1) is 27.2 Å². The summed E-state index contributed by atoms with van der Waals surface area (Å²) in [6.45, 7) is 0. The molecule has 0 heterocycles. The van der Waals surface area contributed by atoms with Crippen molar-refractivity contribution >= 4 is 35.0 Å². The van der Waals surface area contributed by atoms with Crippen LogP contribution in [-0.2, 0) is 23.6 Å². The molecule has 1 saturated carbocycles. The third kappa shape index (κ3) is 8.14. The van der Waals surface area contributed by atoms with E-state index >= 15 is 0 Å². The molecule has 0 aliphatic heterocycles. The summed E-state index contributed by atoms with van der Waals surface area (Å²) in [5.41, 5.74) is -3.15. The molecule has 2 amide bonds. The average Bonchev–Trinajstić information content (AvgIpc) is 2.87. The zero-order valence-electron chi connectivity index (χ0n) is 20.9. The van der Waals surface area contributed by atoms with Crippen LogP contribution in [0.3, 0.4) is 0 Å². The van der Waals surface area contributed by atoms with Crippen LogP contribution in [0.1, 0.15) is 65.6 Å². The van der Waals surface area contributed by atoms with E-state index in [0.29, 0.717) is 47.9 Å². The lowest BCUT2D eigenvalue weighted by Crippen LogP contribution is -2.53. The van der Waals surface area contributed by atoms with Crippen LogP contribution in [0.15, 0.2) is 48.6 Å². The Balaban J connectivity index is 1.85. The van der Waals surface area contributed by atoms with Crippen LogP contribution in [0.5, 0.6) is 0 Å². The van der Waals surface area contributed by atoms with Crippen LogP contribution in [-0.4, -0.2) is 34.9 Å². The fourth-order valence-corrected chi connectivity index (χ4v) is 4.79. The number of carbonyl (C=O) groups excluding carboxylic acids is 2. The van der Waals surface area contributed by atoms with Gasteiger partial charge in [0.25, 0.3) is 11.8 Å². The summed E-state index contributed by atoms with van der Waals surface area (Å²) in [4.78, 5) is 26.4. The van der Waals surface area contributed by atoms with E-state index < -0.39 is 46.9 Å². The summed E-state index contributed by atoms with van der Waals surface area (Å²) >= 11 is 11.9. The van der Waals surface area contributed by atoms with Crippen molar-refractivity contribution in [3.63, 3.8) is 0 Å². The van der Waals surface area contributed by atoms with Crippen LogP contribution in [0, 0.1) is 0 Å². The third-order valence-corrected chi connectivity index (χ3v) is 7.18. The van der Waals surface area contributed by atoms with Gasteiger partial charge in [0.2, 0.25) is 0 Å². The van der Waals surface area contributed by atoms with Gasteiger partial charge in [-0.1, -0.05) is 54.6 Å². The fourth-order valence-electron chi connectivity index (χ4n) is 4.47. The molecule has 2 aromatic carbocycles. The lowest BCUT2D eigenvalue weighted by atomic mass is 9.95. The van der Waals surface area contributed by atoms with Gasteiger partial charge in [-0.2, -0.15) is 26.3 Å². The van der Waals surface area contributed by atoms with Crippen molar-refractivity contribution in [1.82, 2.24) is 10.0 Å². The first-order valence-electron chi connectivity index (χ1n) is 12.2. The zero-order chi connectivity index (χ0) is 29.0. The molecule has 0 unspecified atom stereocenters. The number of benzene rings is 2. The summed E-state index contributed by atoms with van der Waals surface area (Å²) in [6, 6.07) is 5.39. The Labute approximate surface area is 232 Å². The van der Waals surface area contributed by atoms with Gasteiger partial charge in [-0.25, -0.2) is 5.01 Å². The van der Waals surface area contributed by atoms with Crippen LogP contribution < -0.4 is 0 Å². The highest BCUT2D eigenvalue weighted by Gasteiger charge is 2.39. The fraction of sp³-hybridized carbons (Fsp3) is 0.407. The number of hydrogen-bond acceptors (Lipinski definition) is 2. The molecule has 1 aliphatic carbocycles. The van der Waals surface area contributed by atoms with E-state index in [1.54, 1.807) is 24.3 Å². The molecular weight excluding hydrogens is 569 g/mol. The van der Waals surface area contributed by atoms with Crippen molar-refractivity contribution < 1.29 is 35.9 Å². The number of allylic oxidation sites excluding steroid dienone is 1. The maximum atomic E-state index is 13.3. The molecule has 0 spiro atoms. The highest BCUT2D eigenvalue weighted by atomic mass is 35.5. The van der Waals surface area contributed by atoms with Gasteiger partial charge in [0.15, 0.2) is 0 Å². The minimum absolute atomic E-state index is 0.0442. The van der Waals surface area contributed by atoms with E-state index in [1.165, 1.54) is 13.1 Å². The van der Waals surface area contributed by atoms with Crippen LogP contribution in [0.25, 0.3) is 0 Å². The SMILES string of the molecule is CN(C(=O)c1cc(C(F)(F)F)cc(C(F)(F)F)c1)N(C(=O)C=CCCc1ccc(Cl)c(Cl)c1)C1CCCCC1. The van der Waals surface area contributed by atoms with E-state index in [4.69, 9.17) is 23.2 Å². The summed E-state index contributed by atoms with van der Waals surface area (Å²) in [6.07, 6.45) is -2.89. The minimum Gasteiger partial charge on any atom is -0.268 e. The number of hydrazine groups is 1. The second-order valence-corrected chi connectivity index (χ2v) is 10.1. The van der Waals surface area contributed by atoms with Gasteiger partial charge in [0, 0.05) is 18.7 Å². The Bertz CT molecular complexity index is 1190. The molecule has 0 aromatic heterocycles. The molecule has 3 rings (SSSR count). The van der Waals surface area contributed by atoms with Gasteiger partial charge in [0.1, 0.15) is 0 Å². The molecular formula is C27H26Cl2F6N2O2. The van der Waals surface area contributed by atoms with E-state index in [9.17, 15) is 35.9 Å². The van der Waals surface area contributed by atoms with Crippen molar-refractivity contribution in [2.24, 2.45) is 0 Å². The highest BCUT2D eigenvalue weighted by Crippen LogP contribution is 2.37. The predicted molar refractivity (Wildman–Crippen MR) is 136 cm³/mol.